The Labute approximate surface area is 393 Å². The van der Waals surface area contributed by atoms with Gasteiger partial charge in [-0.15, -0.1) is 0 Å². The molecular weight excluding hydrogens is 854 g/mol. The number of amides is 4. The van der Waals surface area contributed by atoms with E-state index in [2.05, 4.69) is 32.8 Å². The molecule has 0 unspecified atom stereocenters. The molecule has 13 nitrogen and oxygen atoms in total. The topological polar surface area (TPSA) is 141 Å². The van der Waals surface area contributed by atoms with Gasteiger partial charge in [0.1, 0.15) is 29.4 Å². The molecule has 0 bridgehead atoms. The van der Waals surface area contributed by atoms with Crippen LogP contribution < -0.4 is 10.1 Å². The van der Waals surface area contributed by atoms with E-state index >= 15 is 9.59 Å². The molecule has 2 aliphatic rings. The summed E-state index contributed by atoms with van der Waals surface area (Å²) in [7, 11) is 9.36. The summed E-state index contributed by atoms with van der Waals surface area (Å²) in [6.07, 6.45) is 4.27. The lowest BCUT2D eigenvalue weighted by Crippen LogP contribution is -2.58. The zero-order chi connectivity index (χ0) is 47.2. The highest BCUT2D eigenvalue weighted by atomic mass is 35.5. The van der Waals surface area contributed by atoms with E-state index in [1.165, 1.54) is 9.80 Å². The lowest BCUT2D eigenvalue weighted by molar-refractivity contribution is -0.148. The predicted octanol–water partition coefficient (Wildman–Crippen LogP) is 6.63. The Hall–Kier alpha value is -6.02. The van der Waals surface area contributed by atoms with Crippen molar-refractivity contribution in [3.63, 3.8) is 0 Å². The van der Waals surface area contributed by atoms with Crippen LogP contribution in [-0.2, 0) is 58.6 Å². The molecule has 348 valence electrons. The van der Waals surface area contributed by atoms with Gasteiger partial charge in [-0.25, -0.2) is 4.98 Å². The van der Waals surface area contributed by atoms with Crippen molar-refractivity contribution in [2.75, 3.05) is 41.3 Å². The summed E-state index contributed by atoms with van der Waals surface area (Å²) in [4.78, 5) is 70.0. The van der Waals surface area contributed by atoms with Gasteiger partial charge in [-0.1, -0.05) is 67.1 Å². The summed E-state index contributed by atoms with van der Waals surface area (Å²) in [6, 6.07) is 26.0. The second-order valence-electron chi connectivity index (χ2n) is 18.0. The van der Waals surface area contributed by atoms with E-state index in [4.69, 9.17) is 16.3 Å². The predicted molar refractivity (Wildman–Crippen MR) is 256 cm³/mol. The number of halogens is 1. The highest BCUT2D eigenvalue weighted by Gasteiger charge is 2.41. The average molecular weight is 917 g/mol. The first-order chi connectivity index (χ1) is 31.6. The average Bonchev–Trinajstić information content (AvgIpc) is 3.91. The second kappa shape index (κ2) is 21.1. The number of carbonyl (C=O) groups is 4. The van der Waals surface area contributed by atoms with Crippen molar-refractivity contribution in [2.24, 2.45) is 13.0 Å². The molecule has 1 fully saturated rings. The van der Waals surface area contributed by atoms with Crippen molar-refractivity contribution in [3.05, 3.63) is 136 Å². The Morgan fingerprint density at radius 2 is 1.61 bits per heavy atom. The van der Waals surface area contributed by atoms with Crippen LogP contribution in [0.3, 0.4) is 0 Å². The van der Waals surface area contributed by atoms with E-state index in [1.54, 1.807) is 38.1 Å². The Morgan fingerprint density at radius 3 is 2.30 bits per heavy atom. The smallest absolute Gasteiger partial charge is 0.247 e. The number of likely N-dealkylation sites (N-methyl/N-ethyl adjacent to an activating group) is 2. The van der Waals surface area contributed by atoms with E-state index in [0.717, 1.165) is 52.2 Å². The van der Waals surface area contributed by atoms with Gasteiger partial charge >= 0.3 is 0 Å². The van der Waals surface area contributed by atoms with Gasteiger partial charge in [-0.2, -0.15) is 0 Å². The van der Waals surface area contributed by atoms with Gasteiger partial charge in [0, 0.05) is 50.3 Å². The number of hydrogen-bond acceptors (Lipinski definition) is 8. The van der Waals surface area contributed by atoms with E-state index in [9.17, 15) is 14.7 Å². The lowest BCUT2D eigenvalue weighted by Gasteiger charge is -2.38. The molecule has 1 saturated heterocycles. The number of ether oxygens (including phenoxy) is 1. The monoisotopic (exact) mass is 915 g/mol. The Kier molecular flexibility index (Phi) is 15.3. The first kappa shape index (κ1) is 47.9. The number of aliphatic hydroxyl groups is 1. The van der Waals surface area contributed by atoms with E-state index in [1.807, 2.05) is 100 Å². The van der Waals surface area contributed by atoms with Crippen LogP contribution in [0, 0.1) is 5.92 Å². The Morgan fingerprint density at radius 1 is 0.894 bits per heavy atom. The Balaban J connectivity index is 1.23. The third-order valence-electron chi connectivity index (χ3n) is 13.3. The molecule has 4 aromatic carbocycles. The van der Waals surface area contributed by atoms with Gasteiger partial charge < -0.3 is 39.3 Å². The number of carbonyl (C=O) groups excluding carboxylic acids is 4. The third kappa shape index (κ3) is 10.8. The minimum Gasteiger partial charge on any atom is -0.457 e. The van der Waals surface area contributed by atoms with Crippen LogP contribution in [0.1, 0.15) is 66.2 Å². The summed E-state index contributed by atoms with van der Waals surface area (Å²) in [5.74, 6) is -0.721. The van der Waals surface area contributed by atoms with Crippen molar-refractivity contribution in [1.29, 1.82) is 0 Å². The maximum absolute atomic E-state index is 15.1. The van der Waals surface area contributed by atoms with Gasteiger partial charge in [-0.05, 0) is 117 Å². The largest absolute Gasteiger partial charge is 0.457 e. The number of aromatic nitrogens is 2. The molecule has 5 aromatic rings. The second-order valence-corrected chi connectivity index (χ2v) is 18.5. The number of aryl methyl sites for hydroxylation is 2. The van der Waals surface area contributed by atoms with Gasteiger partial charge in [0.2, 0.25) is 23.6 Å². The maximum Gasteiger partial charge on any atom is 0.247 e. The van der Waals surface area contributed by atoms with E-state index in [0.29, 0.717) is 41.5 Å². The van der Waals surface area contributed by atoms with Crippen LogP contribution in [0.2, 0.25) is 5.02 Å². The molecule has 4 amide bonds. The minimum atomic E-state index is -1.31. The van der Waals surface area contributed by atoms with Crippen LogP contribution in [0.5, 0.6) is 11.5 Å². The van der Waals surface area contributed by atoms with Crippen LogP contribution >= 0.6 is 11.6 Å². The summed E-state index contributed by atoms with van der Waals surface area (Å²) >= 11 is 6.21. The number of hydrogen-bond donors (Lipinski definition) is 2. The fourth-order valence-electron chi connectivity index (χ4n) is 9.30. The highest BCUT2D eigenvalue weighted by Crippen LogP contribution is 2.41. The molecule has 2 N–H and O–H groups in total. The zero-order valence-electron chi connectivity index (χ0n) is 39.0. The van der Waals surface area contributed by atoms with Crippen LogP contribution in [-0.4, -0.2) is 117 Å². The quantitative estimate of drug-likeness (QED) is 0.142. The summed E-state index contributed by atoms with van der Waals surface area (Å²) < 4.78 is 8.69. The number of nitrogens with zero attached hydrogens (tertiary/aromatic N) is 6. The standard InChI is InChI=1S/C52H62ClN7O6/c1-8-34-13-16-38(47(26-34)66-41-22-17-37(18-23-41)46-28-54-48(59(46)7)31-56(3)4)29-60-33(2)50(63)55-45(32-61)52(65)58(6)40(25-35-14-20-39(53)21-15-35)30-57(5)51(64)44(27-49(60)62)43-24-19-36-11-9-10-12-42(36)43/h9-18,20-23,26,28,33,40,43-45,61H,8,19,24-25,27,29-32H2,1-7H3,(H,55,63)/t33-,40+,43+,44-,45+/m0/s1. The molecule has 7 rings (SSSR count). The van der Waals surface area contributed by atoms with E-state index in [-0.39, 0.29) is 31.3 Å². The molecule has 1 aliphatic carbocycles. The summed E-state index contributed by atoms with van der Waals surface area (Å²) in [5.41, 5.74) is 6.69. The fourth-order valence-corrected chi connectivity index (χ4v) is 9.43. The molecule has 14 heteroatoms. The SMILES string of the molecule is CCc1ccc(CN2C(=O)C[C@@H]([C@@H]3CCc4ccccc43)C(=O)N(C)C[C@@H](Cc3ccc(Cl)cc3)N(C)C(=O)[C@@H](CO)NC(=O)[C@@H]2C)c(Oc2ccc(-c3cnc(CN(C)C)n3C)cc2)c1. The Bertz CT molecular complexity index is 2530. The molecule has 5 atom stereocenters. The van der Waals surface area contributed by atoms with Crippen molar-refractivity contribution < 1.29 is 29.0 Å². The summed E-state index contributed by atoms with van der Waals surface area (Å²) in [5, 5.41) is 13.9. The van der Waals surface area contributed by atoms with E-state index < -0.39 is 48.4 Å². The first-order valence-electron chi connectivity index (χ1n) is 22.8. The molecule has 2 heterocycles. The number of benzene rings is 4. The molecule has 66 heavy (non-hydrogen) atoms. The normalized spacial score (nSPS) is 21.0. The zero-order valence-corrected chi connectivity index (χ0v) is 39.8. The van der Waals surface area contributed by atoms with Gasteiger partial charge in [0.05, 0.1) is 43.5 Å². The van der Waals surface area contributed by atoms with Crippen molar-refractivity contribution in [1.82, 2.24) is 34.5 Å². The van der Waals surface area contributed by atoms with Gasteiger partial charge in [0.15, 0.2) is 0 Å². The number of nitrogens with one attached hydrogen (secondary N) is 1. The van der Waals surface area contributed by atoms with Crippen molar-refractivity contribution in [2.45, 2.75) is 83.1 Å². The molecule has 0 saturated carbocycles. The molecule has 0 spiro atoms. The molecular formula is C52H62ClN7O6. The minimum absolute atomic E-state index is 0.0344. The fraction of sp³-hybridized carbons (Fsp3) is 0.404. The van der Waals surface area contributed by atoms with Gasteiger partial charge in [-0.3, -0.25) is 19.2 Å². The van der Waals surface area contributed by atoms with Crippen molar-refractivity contribution in [3.8, 4) is 22.8 Å². The molecule has 1 aromatic heterocycles. The maximum atomic E-state index is 15.1. The van der Waals surface area contributed by atoms with Gasteiger partial charge in [0.25, 0.3) is 0 Å². The molecule has 1 aliphatic heterocycles. The highest BCUT2D eigenvalue weighted by molar-refractivity contribution is 6.30. The number of aliphatic hydroxyl groups excluding tert-OH is 1. The molecule has 0 radical (unpaired) electrons. The first-order valence-corrected chi connectivity index (χ1v) is 23.1. The third-order valence-corrected chi connectivity index (χ3v) is 13.5. The number of imidazole rings is 1. The lowest BCUT2D eigenvalue weighted by atomic mass is 9.83. The number of fused-ring (bicyclic) bond motifs is 1. The van der Waals surface area contributed by atoms with Crippen LogP contribution in [0.4, 0.5) is 0 Å². The summed E-state index contributed by atoms with van der Waals surface area (Å²) in [6.45, 7) is 3.80. The van der Waals surface area contributed by atoms with Crippen LogP contribution in [0.15, 0.2) is 97.2 Å². The van der Waals surface area contributed by atoms with Crippen LogP contribution in [0.25, 0.3) is 11.3 Å². The van der Waals surface area contributed by atoms with Crippen molar-refractivity contribution >= 4 is 35.2 Å². The number of rotatable bonds is 12.